The molecule has 0 spiro atoms. The van der Waals surface area contributed by atoms with E-state index in [1.807, 2.05) is 0 Å². The third kappa shape index (κ3) is 4.04. The molecule has 0 aliphatic rings. The van der Waals surface area contributed by atoms with Crippen molar-refractivity contribution in [3.05, 3.63) is 29.3 Å². The largest absolute Gasteiger partial charge is 0.392 e. The van der Waals surface area contributed by atoms with Crippen LogP contribution in [-0.4, -0.2) is 29.5 Å². The van der Waals surface area contributed by atoms with Crippen LogP contribution in [0, 0.1) is 0 Å². The van der Waals surface area contributed by atoms with Crippen LogP contribution in [0.25, 0.3) is 0 Å². The van der Waals surface area contributed by atoms with Gasteiger partial charge in [-0.05, 0) is 24.3 Å². The van der Waals surface area contributed by atoms with Crippen LogP contribution in [0.2, 0.25) is 5.02 Å². The smallest absolute Gasteiger partial charge is 0.321 e. The number of likely N-dealkylation sites (N-methyl/N-ethyl adjacent to an activating group) is 1. The summed E-state index contributed by atoms with van der Waals surface area (Å²) in [6.45, 7) is 0.245. The summed E-state index contributed by atoms with van der Waals surface area (Å²) in [5.74, 6) is 0. The van der Waals surface area contributed by atoms with E-state index in [0.717, 1.165) is 0 Å². The van der Waals surface area contributed by atoms with Crippen LogP contribution in [0.15, 0.2) is 24.3 Å². The van der Waals surface area contributed by atoms with Crippen molar-refractivity contribution in [2.45, 2.75) is 0 Å². The zero-order chi connectivity index (χ0) is 12.1. The molecule has 4 nitrogen and oxygen atoms in total. The molecule has 1 aromatic carbocycles. The number of hydrogen-bond donors (Lipinski definition) is 2. The topological polar surface area (TPSA) is 58.4 Å². The Morgan fingerprint density at radius 3 is 2.56 bits per heavy atom. The minimum atomic E-state index is -0.268. The standard InChI is InChI=1S/C10H12ClN3OS/c1-14(6-9(12)16)10(15)13-8-4-2-7(11)3-5-8/h2-5H,6H2,1H3,(H2,12,16)(H,13,15). The van der Waals surface area contributed by atoms with Crippen LogP contribution >= 0.6 is 23.8 Å². The van der Waals surface area contributed by atoms with Crippen molar-refractivity contribution in [3.8, 4) is 0 Å². The summed E-state index contributed by atoms with van der Waals surface area (Å²) < 4.78 is 0. The van der Waals surface area contributed by atoms with Gasteiger partial charge in [-0.1, -0.05) is 23.8 Å². The number of carbonyl (C=O) groups excluding carboxylic acids is 1. The molecule has 0 saturated heterocycles. The third-order valence-electron chi connectivity index (χ3n) is 1.84. The molecule has 0 fully saturated rings. The van der Waals surface area contributed by atoms with Crippen molar-refractivity contribution in [2.24, 2.45) is 5.73 Å². The van der Waals surface area contributed by atoms with E-state index in [9.17, 15) is 4.79 Å². The molecule has 3 N–H and O–H groups in total. The summed E-state index contributed by atoms with van der Waals surface area (Å²) in [7, 11) is 1.62. The minimum Gasteiger partial charge on any atom is -0.392 e. The van der Waals surface area contributed by atoms with E-state index >= 15 is 0 Å². The number of carbonyl (C=O) groups is 1. The molecule has 0 heterocycles. The molecule has 86 valence electrons. The minimum absolute atomic E-state index is 0.245. The fraction of sp³-hybridized carbons (Fsp3) is 0.200. The Morgan fingerprint density at radius 2 is 2.06 bits per heavy atom. The van der Waals surface area contributed by atoms with Crippen LogP contribution in [0.1, 0.15) is 0 Å². The Labute approximate surface area is 104 Å². The Hall–Kier alpha value is -1.33. The molecule has 0 aliphatic heterocycles. The maximum Gasteiger partial charge on any atom is 0.321 e. The first kappa shape index (κ1) is 12.7. The van der Waals surface area contributed by atoms with Gasteiger partial charge in [0.05, 0.1) is 11.5 Å². The van der Waals surface area contributed by atoms with Gasteiger partial charge in [-0.25, -0.2) is 4.79 Å². The monoisotopic (exact) mass is 257 g/mol. The SMILES string of the molecule is CN(CC(N)=S)C(=O)Nc1ccc(Cl)cc1. The number of rotatable bonds is 3. The predicted molar refractivity (Wildman–Crippen MR) is 69.9 cm³/mol. The number of nitrogens with two attached hydrogens (primary N) is 1. The highest BCUT2D eigenvalue weighted by atomic mass is 35.5. The van der Waals surface area contributed by atoms with Crippen molar-refractivity contribution in [1.82, 2.24) is 4.90 Å². The van der Waals surface area contributed by atoms with E-state index in [1.165, 1.54) is 4.90 Å². The van der Waals surface area contributed by atoms with Gasteiger partial charge < -0.3 is 16.0 Å². The molecule has 0 saturated carbocycles. The van der Waals surface area contributed by atoms with E-state index in [4.69, 9.17) is 29.6 Å². The lowest BCUT2D eigenvalue weighted by atomic mass is 10.3. The van der Waals surface area contributed by atoms with Crippen molar-refractivity contribution in [2.75, 3.05) is 18.9 Å². The van der Waals surface area contributed by atoms with E-state index in [1.54, 1.807) is 31.3 Å². The molecule has 2 amide bonds. The Balaban J connectivity index is 2.57. The molecule has 0 aliphatic carbocycles. The number of hydrogen-bond acceptors (Lipinski definition) is 2. The first-order chi connectivity index (χ1) is 7.49. The van der Waals surface area contributed by atoms with Crippen LogP contribution in [0.4, 0.5) is 10.5 Å². The lowest BCUT2D eigenvalue weighted by molar-refractivity contribution is 0.228. The third-order valence-corrected chi connectivity index (χ3v) is 2.22. The lowest BCUT2D eigenvalue weighted by Gasteiger charge is -2.16. The van der Waals surface area contributed by atoms with Crippen molar-refractivity contribution in [3.63, 3.8) is 0 Å². The number of nitrogens with zero attached hydrogens (tertiary/aromatic N) is 1. The fourth-order valence-electron chi connectivity index (χ4n) is 1.06. The van der Waals surface area contributed by atoms with Crippen LogP contribution in [-0.2, 0) is 0 Å². The van der Waals surface area contributed by atoms with E-state index < -0.39 is 0 Å². The fourth-order valence-corrected chi connectivity index (χ4v) is 1.38. The summed E-state index contributed by atoms with van der Waals surface area (Å²) in [5, 5.41) is 3.31. The number of benzene rings is 1. The average Bonchev–Trinajstić information content (AvgIpc) is 2.20. The normalized spacial score (nSPS) is 9.62. The van der Waals surface area contributed by atoms with Gasteiger partial charge in [-0.3, -0.25) is 0 Å². The number of thiocarbonyl (C=S) groups is 1. The quantitative estimate of drug-likeness (QED) is 0.816. The molecule has 6 heteroatoms. The van der Waals surface area contributed by atoms with E-state index in [2.05, 4.69) is 5.32 Å². The average molecular weight is 258 g/mol. The zero-order valence-corrected chi connectivity index (χ0v) is 10.3. The Kier molecular flexibility index (Phi) is 4.52. The maximum absolute atomic E-state index is 11.6. The molecular formula is C10H12ClN3OS. The molecule has 16 heavy (non-hydrogen) atoms. The highest BCUT2D eigenvalue weighted by Gasteiger charge is 2.08. The summed E-state index contributed by atoms with van der Waals surface area (Å²) in [6.07, 6.45) is 0. The molecule has 0 atom stereocenters. The summed E-state index contributed by atoms with van der Waals surface area (Å²) >= 11 is 10.4. The molecule has 0 unspecified atom stereocenters. The number of halogens is 1. The second-order valence-corrected chi connectivity index (χ2v) is 4.22. The lowest BCUT2D eigenvalue weighted by Crippen LogP contribution is -2.37. The van der Waals surface area contributed by atoms with Gasteiger partial charge in [-0.2, -0.15) is 0 Å². The van der Waals surface area contributed by atoms with Crippen molar-refractivity contribution >= 4 is 40.5 Å². The Morgan fingerprint density at radius 1 is 1.50 bits per heavy atom. The first-order valence-electron chi connectivity index (χ1n) is 4.55. The second kappa shape index (κ2) is 5.67. The number of anilines is 1. The molecule has 0 radical (unpaired) electrons. The summed E-state index contributed by atoms with van der Waals surface area (Å²) in [5.41, 5.74) is 6.01. The molecule has 0 bridgehead atoms. The van der Waals surface area contributed by atoms with Gasteiger partial charge in [0.2, 0.25) is 0 Å². The first-order valence-corrected chi connectivity index (χ1v) is 5.33. The number of urea groups is 1. The predicted octanol–water partition coefficient (Wildman–Crippen LogP) is 2.09. The van der Waals surface area contributed by atoms with Gasteiger partial charge in [-0.15, -0.1) is 0 Å². The van der Waals surface area contributed by atoms with Gasteiger partial charge in [0.15, 0.2) is 0 Å². The summed E-state index contributed by atoms with van der Waals surface area (Å²) in [4.78, 5) is 13.3. The van der Waals surface area contributed by atoms with Crippen LogP contribution in [0.5, 0.6) is 0 Å². The van der Waals surface area contributed by atoms with Gasteiger partial charge >= 0.3 is 6.03 Å². The van der Waals surface area contributed by atoms with Gasteiger partial charge in [0, 0.05) is 17.8 Å². The molecule has 1 aromatic rings. The van der Waals surface area contributed by atoms with Crippen LogP contribution < -0.4 is 11.1 Å². The Bertz CT molecular complexity index is 394. The molecule has 1 rings (SSSR count). The number of nitrogens with one attached hydrogen (secondary N) is 1. The highest BCUT2D eigenvalue weighted by molar-refractivity contribution is 7.80. The second-order valence-electron chi connectivity index (χ2n) is 3.26. The highest BCUT2D eigenvalue weighted by Crippen LogP contribution is 2.13. The van der Waals surface area contributed by atoms with Crippen molar-refractivity contribution in [1.29, 1.82) is 0 Å². The maximum atomic E-state index is 11.6. The van der Waals surface area contributed by atoms with E-state index in [-0.39, 0.29) is 17.6 Å². The van der Waals surface area contributed by atoms with Crippen LogP contribution in [0.3, 0.4) is 0 Å². The van der Waals surface area contributed by atoms with Gasteiger partial charge in [0.25, 0.3) is 0 Å². The number of amides is 2. The summed E-state index contributed by atoms with van der Waals surface area (Å²) in [6, 6.07) is 6.56. The van der Waals surface area contributed by atoms with Gasteiger partial charge in [0.1, 0.15) is 0 Å². The zero-order valence-electron chi connectivity index (χ0n) is 8.74. The molecular weight excluding hydrogens is 246 g/mol. The molecule has 0 aromatic heterocycles. The van der Waals surface area contributed by atoms with E-state index in [0.29, 0.717) is 10.7 Å². The van der Waals surface area contributed by atoms with Crippen molar-refractivity contribution < 1.29 is 4.79 Å².